The van der Waals surface area contributed by atoms with Gasteiger partial charge in [-0.05, 0) is 176 Å². The predicted molar refractivity (Wildman–Crippen MR) is 313 cm³/mol. The SMILES string of the molecule is COc1cc2c3cc1OCCCCOc1cccc(c1O)C=NN(C)P1(=S)N(C)N=Cc4cccc(c4O)OCCCCOc4cc(c(cc4OC)C3)Cc3cc(OC)c(cc3C2)OCCCCOc2cccc(c2O)/C=N/N1C. The van der Waals surface area contributed by atoms with Crippen molar-refractivity contribution in [1.29, 1.82) is 0 Å². The van der Waals surface area contributed by atoms with E-state index in [1.807, 2.05) is 0 Å². The standard InChI is InChI=1S/C60H69N6O12PS/c1-64-61-37-40-16-13-19-49(58(40)67)73-22-7-10-25-76-55-34-46-28-44-32-53(71-5)57-36-48(44)30-45-33-54(72-6)56(35-47(45)29-43(46)31-52(55)70-4)77-26-11-8-23-74-50-20-14-17-41(59(50)68)38-62-65(2)79(64,80)66(3)63-39-42-18-15-21-51(60(42)69)75-24-9-12-27-78-57/h13-21,31-39,67-69H,7-12,22-30H2,1-6H3/b61-37+,62-38?,63-39?. The summed E-state index contributed by atoms with van der Waals surface area (Å²) in [6, 6.07) is 28.0. The number of rotatable bonds is 3. The van der Waals surface area contributed by atoms with Gasteiger partial charge < -0.3 is 58.0 Å². The molecular weight excluding hydrogens is 1060 g/mol. The summed E-state index contributed by atoms with van der Waals surface area (Å²) in [5.41, 5.74) is 7.54. The second-order valence-corrected chi connectivity index (χ2v) is 23.6. The minimum Gasteiger partial charge on any atom is -0.504 e. The summed E-state index contributed by atoms with van der Waals surface area (Å²) in [6.07, 6.45) is 10.1. The van der Waals surface area contributed by atoms with Crippen LogP contribution in [0.2, 0.25) is 0 Å². The number of hydrogen-bond donors (Lipinski definition) is 3. The first-order valence-corrected chi connectivity index (χ1v) is 29.3. The van der Waals surface area contributed by atoms with E-state index in [1.165, 1.54) is 18.6 Å². The van der Waals surface area contributed by atoms with Crippen molar-refractivity contribution in [3.8, 4) is 69.0 Å². The summed E-state index contributed by atoms with van der Waals surface area (Å²) in [5.74, 6) is 4.27. The quantitative estimate of drug-likeness (QED) is 0.142. The van der Waals surface area contributed by atoms with Gasteiger partial charge in [0.25, 0.3) is 6.49 Å². The van der Waals surface area contributed by atoms with Gasteiger partial charge >= 0.3 is 0 Å². The average molecular weight is 1130 g/mol. The molecule has 3 N–H and O–H groups in total. The molecule has 422 valence electrons. The van der Waals surface area contributed by atoms with Crippen molar-refractivity contribution in [2.45, 2.75) is 57.8 Å². The summed E-state index contributed by atoms with van der Waals surface area (Å²) in [7, 11) is 10.0. The van der Waals surface area contributed by atoms with E-state index in [4.69, 9.17) is 69.7 Å². The highest BCUT2D eigenvalue weighted by Gasteiger charge is 2.33. The molecule has 7 aliphatic rings. The van der Waals surface area contributed by atoms with Crippen molar-refractivity contribution in [2.75, 3.05) is 82.1 Å². The van der Waals surface area contributed by atoms with Crippen molar-refractivity contribution in [2.24, 2.45) is 15.3 Å². The molecule has 6 heterocycles. The second kappa shape index (κ2) is 26.3. The number of phenolic OH excluding ortho intramolecular Hbond substituents is 3. The van der Waals surface area contributed by atoms with Gasteiger partial charge in [0.1, 0.15) is 0 Å². The molecule has 0 aromatic heterocycles. The molecule has 16 bridgehead atoms. The maximum Gasteiger partial charge on any atom is 0.265 e. The van der Waals surface area contributed by atoms with Crippen LogP contribution in [0.5, 0.6) is 69.0 Å². The number of hydrogen-bond acceptors (Lipinski definition) is 16. The number of hydrazone groups is 3. The topological polar surface area (TPSA) is 191 Å². The molecule has 20 heteroatoms. The van der Waals surface area contributed by atoms with Crippen LogP contribution in [0.25, 0.3) is 0 Å². The fourth-order valence-electron chi connectivity index (χ4n) is 9.54. The zero-order chi connectivity index (χ0) is 56.2. The summed E-state index contributed by atoms with van der Waals surface area (Å²) < 4.78 is 60.6. The predicted octanol–water partition coefficient (Wildman–Crippen LogP) is 10.7. The molecule has 1 unspecified atom stereocenters. The Morgan fingerprint density at radius 1 is 0.400 bits per heavy atom. The van der Waals surface area contributed by atoms with Crippen LogP contribution in [0.15, 0.2) is 106 Å². The molecule has 0 saturated heterocycles. The summed E-state index contributed by atoms with van der Waals surface area (Å²) in [6.45, 7) is -1.23. The lowest BCUT2D eigenvalue weighted by Gasteiger charge is -2.39. The van der Waals surface area contributed by atoms with E-state index in [-0.39, 0.29) is 34.5 Å². The zero-order valence-corrected chi connectivity index (χ0v) is 47.8. The number of nitrogens with zero attached hydrogens (tertiary/aromatic N) is 6. The molecule has 1 aliphatic carbocycles. The molecule has 1 atom stereocenters. The van der Waals surface area contributed by atoms with E-state index in [2.05, 4.69) is 36.4 Å². The van der Waals surface area contributed by atoms with Crippen LogP contribution in [0.4, 0.5) is 0 Å². The smallest absolute Gasteiger partial charge is 0.265 e. The molecule has 80 heavy (non-hydrogen) atoms. The van der Waals surface area contributed by atoms with E-state index in [0.717, 1.165) is 33.4 Å². The molecule has 13 rings (SSSR count). The number of methoxy groups -OCH3 is 3. The lowest BCUT2D eigenvalue weighted by atomic mass is 9.94. The van der Waals surface area contributed by atoms with Gasteiger partial charge in [-0.1, -0.05) is 18.2 Å². The monoisotopic (exact) mass is 1130 g/mol. The van der Waals surface area contributed by atoms with Crippen LogP contribution in [0.3, 0.4) is 0 Å². The van der Waals surface area contributed by atoms with Crippen molar-refractivity contribution in [1.82, 2.24) is 14.3 Å². The number of phenols is 3. The molecule has 0 fully saturated rings. The third kappa shape index (κ3) is 13.0. The highest BCUT2D eigenvalue weighted by atomic mass is 32.4. The zero-order valence-electron chi connectivity index (χ0n) is 46.1. The van der Waals surface area contributed by atoms with Gasteiger partial charge in [0, 0.05) is 37.8 Å². The molecular formula is C60H69N6O12PS. The van der Waals surface area contributed by atoms with E-state index >= 15 is 0 Å². The summed E-state index contributed by atoms with van der Waals surface area (Å²) in [4.78, 5) is 0. The number of fused-ring (bicyclic) bond motifs is 3. The van der Waals surface area contributed by atoms with Crippen LogP contribution in [0, 0.1) is 0 Å². The Kier molecular flexibility index (Phi) is 18.6. The second-order valence-electron chi connectivity index (χ2n) is 19.4. The normalized spacial score (nSPS) is 17.9. The van der Waals surface area contributed by atoms with Gasteiger partial charge in [-0.2, -0.15) is 15.3 Å². The molecule has 6 aliphatic heterocycles. The minimum atomic E-state index is -3.31. The fraction of sp³-hybridized carbons (Fsp3) is 0.350. The summed E-state index contributed by atoms with van der Waals surface area (Å²) >= 11 is 6.46. The van der Waals surface area contributed by atoms with Crippen LogP contribution in [-0.4, -0.2) is 130 Å². The lowest BCUT2D eigenvalue weighted by Crippen LogP contribution is -2.29. The number of benzene rings is 6. The number of aromatic hydroxyl groups is 3. The maximum atomic E-state index is 11.5. The first-order chi connectivity index (χ1) is 38.9. The van der Waals surface area contributed by atoms with E-state index in [0.29, 0.717) is 149 Å². The molecule has 0 radical (unpaired) electrons. The molecule has 0 saturated carbocycles. The fourth-order valence-corrected chi connectivity index (χ4v) is 11.6. The summed E-state index contributed by atoms with van der Waals surface area (Å²) in [5, 5.41) is 48.7. The van der Waals surface area contributed by atoms with Gasteiger partial charge in [0.2, 0.25) is 0 Å². The molecule has 6 aromatic carbocycles. The Morgan fingerprint density at radius 2 is 0.650 bits per heavy atom. The van der Waals surface area contributed by atoms with E-state index in [1.54, 1.807) is 111 Å². The van der Waals surface area contributed by atoms with Crippen molar-refractivity contribution in [3.63, 3.8) is 0 Å². The third-order valence-electron chi connectivity index (χ3n) is 14.1. The van der Waals surface area contributed by atoms with Crippen LogP contribution in [0.1, 0.15) is 88.6 Å². The molecule has 18 nitrogen and oxygen atoms in total. The molecule has 0 spiro atoms. The van der Waals surface area contributed by atoms with Crippen LogP contribution in [-0.2, 0) is 31.1 Å². The highest BCUT2D eigenvalue weighted by Crippen LogP contribution is 2.55. The van der Waals surface area contributed by atoms with Crippen LogP contribution >= 0.6 is 6.49 Å². The van der Waals surface area contributed by atoms with Gasteiger partial charge in [0.05, 0.1) is 79.6 Å². The first-order valence-electron chi connectivity index (χ1n) is 26.6. The van der Waals surface area contributed by atoms with Gasteiger partial charge in [0.15, 0.2) is 69.0 Å². The lowest BCUT2D eigenvalue weighted by molar-refractivity contribution is 0.253. The maximum absolute atomic E-state index is 11.5. The molecule has 6 aromatic rings. The Labute approximate surface area is 472 Å². The Morgan fingerprint density at radius 3 is 0.912 bits per heavy atom. The van der Waals surface area contributed by atoms with E-state index < -0.39 is 6.49 Å². The van der Waals surface area contributed by atoms with Gasteiger partial charge in [-0.15, -0.1) is 0 Å². The highest BCUT2D eigenvalue weighted by molar-refractivity contribution is 8.11. The first kappa shape index (κ1) is 56.7. The number of para-hydroxylation sites is 3. The average Bonchev–Trinajstić information content (AvgIpc) is 3.52. The largest absolute Gasteiger partial charge is 0.504 e. The van der Waals surface area contributed by atoms with Crippen LogP contribution < -0.4 is 42.6 Å². The van der Waals surface area contributed by atoms with Gasteiger partial charge in [-0.3, -0.25) is 0 Å². The van der Waals surface area contributed by atoms with Crippen molar-refractivity contribution in [3.05, 3.63) is 141 Å². The minimum absolute atomic E-state index is 0.0971. The third-order valence-corrected chi connectivity index (χ3v) is 18.8. The Bertz CT molecular complexity index is 2960. The Balaban J connectivity index is 1.14. The molecule has 0 amide bonds. The van der Waals surface area contributed by atoms with Gasteiger partial charge in [-0.25, -0.2) is 14.3 Å². The van der Waals surface area contributed by atoms with E-state index in [9.17, 15) is 15.3 Å². The Hall–Kier alpha value is -8.02. The van der Waals surface area contributed by atoms with Crippen molar-refractivity contribution < 1.29 is 58.0 Å². The van der Waals surface area contributed by atoms with Crippen molar-refractivity contribution >= 4 is 36.9 Å². The number of ether oxygens (including phenoxy) is 9.